The van der Waals surface area contributed by atoms with E-state index >= 15 is 0 Å². The molecule has 0 spiro atoms. The molecule has 0 aliphatic carbocycles. The number of carbonyl (C=O) groups excluding carboxylic acids is 1. The van der Waals surface area contributed by atoms with E-state index in [2.05, 4.69) is 9.72 Å². The maximum Gasteiger partial charge on any atom is 0.368 e. The van der Waals surface area contributed by atoms with Gasteiger partial charge in [0.1, 0.15) is 0 Å². The number of rotatable bonds is 6. The predicted molar refractivity (Wildman–Crippen MR) is 62.7 cm³/mol. The molecule has 0 unspecified atom stereocenters. The average molecular weight is 290 g/mol. The largest absolute Gasteiger partial charge is 0.466 e. The number of aromatic nitrogens is 1. The van der Waals surface area contributed by atoms with Gasteiger partial charge in [-0.1, -0.05) is 0 Å². The third-order valence-electron chi connectivity index (χ3n) is 2.35. The van der Waals surface area contributed by atoms with Crippen LogP contribution in [0.15, 0.2) is 6.07 Å². The molecule has 1 rings (SSSR count). The van der Waals surface area contributed by atoms with Crippen molar-refractivity contribution in [1.29, 1.82) is 0 Å². The van der Waals surface area contributed by atoms with Gasteiger partial charge in [-0.3, -0.25) is 4.79 Å². The number of esters is 1. The molecule has 0 atom stereocenters. The quantitative estimate of drug-likeness (QED) is 0.452. The van der Waals surface area contributed by atoms with Crippen molar-refractivity contribution in [3.05, 3.63) is 27.3 Å². The van der Waals surface area contributed by atoms with Crippen LogP contribution in [0.4, 0.5) is 14.6 Å². The highest BCUT2D eigenvalue weighted by molar-refractivity contribution is 5.74. The fourth-order valence-corrected chi connectivity index (χ4v) is 1.54. The minimum atomic E-state index is -3.00. The van der Waals surface area contributed by atoms with Crippen LogP contribution >= 0.6 is 0 Å². The van der Waals surface area contributed by atoms with Gasteiger partial charge in [0.15, 0.2) is 0 Å². The third-order valence-corrected chi connectivity index (χ3v) is 2.35. The van der Waals surface area contributed by atoms with Crippen LogP contribution in [0, 0.1) is 10.1 Å². The van der Waals surface area contributed by atoms with Crippen molar-refractivity contribution >= 4 is 11.8 Å². The Morgan fingerprint density at radius 3 is 2.65 bits per heavy atom. The summed E-state index contributed by atoms with van der Waals surface area (Å²) in [5.41, 5.74) is -0.886. The summed E-state index contributed by atoms with van der Waals surface area (Å²) < 4.78 is 35.3. The number of nitro groups is 1. The highest BCUT2D eigenvalue weighted by atomic mass is 19.3. The normalized spacial score (nSPS) is 10.4. The molecule has 0 amide bonds. The molecule has 1 aromatic rings. The second-order valence-electron chi connectivity index (χ2n) is 3.60. The number of pyridine rings is 1. The Labute approximate surface area is 112 Å². The highest BCUT2D eigenvalue weighted by Gasteiger charge is 2.28. The number of alkyl halides is 2. The maximum absolute atomic E-state index is 13.0. The summed E-state index contributed by atoms with van der Waals surface area (Å²) in [6.45, 7) is 1.66. The first-order chi connectivity index (χ1) is 9.40. The zero-order valence-electron chi connectivity index (χ0n) is 10.8. The SMILES string of the molecule is CCOC(=O)Cc1c(C(F)F)cc([N+](=O)[O-])nc1OC. The molecule has 0 saturated carbocycles. The molecular weight excluding hydrogens is 278 g/mol. The van der Waals surface area contributed by atoms with E-state index in [4.69, 9.17) is 4.74 Å². The van der Waals surface area contributed by atoms with Gasteiger partial charge >= 0.3 is 17.7 Å². The summed E-state index contributed by atoms with van der Waals surface area (Å²) in [5.74, 6) is -1.91. The number of methoxy groups -OCH3 is 1. The predicted octanol–water partition coefficient (Wildman–Crippen LogP) is 2.04. The Hall–Kier alpha value is -2.32. The zero-order chi connectivity index (χ0) is 15.3. The van der Waals surface area contributed by atoms with Gasteiger partial charge in [-0.05, 0) is 11.8 Å². The first-order valence-electron chi connectivity index (χ1n) is 5.56. The number of halogens is 2. The summed E-state index contributed by atoms with van der Waals surface area (Å²) in [5, 5.41) is 10.6. The monoisotopic (exact) mass is 290 g/mol. The van der Waals surface area contributed by atoms with Crippen molar-refractivity contribution < 1.29 is 28.0 Å². The zero-order valence-corrected chi connectivity index (χ0v) is 10.8. The summed E-state index contributed by atoms with van der Waals surface area (Å²) in [6.07, 6.45) is -3.50. The molecule has 110 valence electrons. The van der Waals surface area contributed by atoms with Crippen LogP contribution in [0.5, 0.6) is 5.88 Å². The van der Waals surface area contributed by atoms with Crippen molar-refractivity contribution in [3.8, 4) is 5.88 Å². The second-order valence-corrected chi connectivity index (χ2v) is 3.60. The highest BCUT2D eigenvalue weighted by Crippen LogP contribution is 2.32. The summed E-state index contributed by atoms with van der Waals surface area (Å²) in [7, 11) is 1.12. The molecule has 0 N–H and O–H groups in total. The average Bonchev–Trinajstić information content (AvgIpc) is 2.38. The van der Waals surface area contributed by atoms with E-state index in [1.807, 2.05) is 0 Å². The lowest BCUT2D eigenvalue weighted by atomic mass is 10.1. The number of carbonyl (C=O) groups is 1. The van der Waals surface area contributed by atoms with Crippen LogP contribution in [0.2, 0.25) is 0 Å². The standard InChI is InChI=1S/C11H12F2N2O5/c1-3-20-9(16)5-7-6(10(12)13)4-8(15(17)18)14-11(7)19-2/h4,10H,3,5H2,1-2H3. The molecule has 0 fully saturated rings. The van der Waals surface area contributed by atoms with Gasteiger partial charge in [-0.2, -0.15) is 0 Å². The Balaban J connectivity index is 3.31. The van der Waals surface area contributed by atoms with Crippen LogP contribution in [-0.2, 0) is 16.0 Å². The Kier molecular flexibility index (Phi) is 5.30. The lowest BCUT2D eigenvalue weighted by Gasteiger charge is -2.09. The molecule has 0 bridgehead atoms. The minimum absolute atomic E-state index is 0.0889. The lowest BCUT2D eigenvalue weighted by molar-refractivity contribution is -0.389. The number of ether oxygens (including phenoxy) is 2. The van der Waals surface area contributed by atoms with Crippen LogP contribution in [0.25, 0.3) is 0 Å². The van der Waals surface area contributed by atoms with E-state index in [0.717, 1.165) is 7.11 Å². The summed E-state index contributed by atoms with van der Waals surface area (Å²) in [4.78, 5) is 24.6. The van der Waals surface area contributed by atoms with Gasteiger partial charge in [0.05, 0.1) is 25.7 Å². The molecule has 9 heteroatoms. The van der Waals surface area contributed by atoms with Gasteiger partial charge < -0.3 is 19.6 Å². The van der Waals surface area contributed by atoms with E-state index in [9.17, 15) is 23.7 Å². The van der Waals surface area contributed by atoms with Crippen LogP contribution in [-0.4, -0.2) is 29.6 Å². The van der Waals surface area contributed by atoms with Crippen molar-refractivity contribution in [1.82, 2.24) is 4.98 Å². The van der Waals surface area contributed by atoms with Crippen molar-refractivity contribution in [2.75, 3.05) is 13.7 Å². The Morgan fingerprint density at radius 2 is 2.20 bits per heavy atom. The van der Waals surface area contributed by atoms with Gasteiger partial charge in [-0.15, -0.1) is 0 Å². The van der Waals surface area contributed by atoms with Gasteiger partial charge in [0, 0.05) is 16.6 Å². The molecule has 0 saturated heterocycles. The molecule has 0 radical (unpaired) electrons. The van der Waals surface area contributed by atoms with E-state index in [0.29, 0.717) is 6.07 Å². The van der Waals surface area contributed by atoms with Crippen molar-refractivity contribution in [2.24, 2.45) is 0 Å². The summed E-state index contributed by atoms with van der Waals surface area (Å²) >= 11 is 0. The second kappa shape index (κ2) is 6.73. The van der Waals surface area contributed by atoms with E-state index < -0.39 is 35.1 Å². The molecule has 0 aliphatic rings. The van der Waals surface area contributed by atoms with Gasteiger partial charge in [0.25, 0.3) is 6.43 Å². The fraction of sp³-hybridized carbons (Fsp3) is 0.455. The number of nitrogens with zero attached hydrogens (tertiary/aromatic N) is 2. The van der Waals surface area contributed by atoms with Crippen LogP contribution < -0.4 is 4.74 Å². The molecule has 1 heterocycles. The van der Waals surface area contributed by atoms with Crippen molar-refractivity contribution in [3.63, 3.8) is 0 Å². The molecule has 0 aromatic carbocycles. The molecule has 7 nitrogen and oxygen atoms in total. The van der Waals surface area contributed by atoms with Gasteiger partial charge in [0.2, 0.25) is 0 Å². The molecule has 20 heavy (non-hydrogen) atoms. The fourth-order valence-electron chi connectivity index (χ4n) is 1.54. The molecular formula is C11H12F2N2O5. The third kappa shape index (κ3) is 3.59. The Bertz CT molecular complexity index is 522. The van der Waals surface area contributed by atoms with E-state index in [1.165, 1.54) is 0 Å². The van der Waals surface area contributed by atoms with Crippen LogP contribution in [0.1, 0.15) is 24.5 Å². The summed E-state index contributed by atoms with van der Waals surface area (Å²) in [6, 6.07) is 0.627. The van der Waals surface area contributed by atoms with Crippen LogP contribution in [0.3, 0.4) is 0 Å². The first-order valence-corrected chi connectivity index (χ1v) is 5.56. The number of hydrogen-bond donors (Lipinski definition) is 0. The minimum Gasteiger partial charge on any atom is -0.466 e. The van der Waals surface area contributed by atoms with E-state index in [-0.39, 0.29) is 18.1 Å². The maximum atomic E-state index is 13.0. The Morgan fingerprint density at radius 1 is 1.55 bits per heavy atom. The van der Waals surface area contributed by atoms with Gasteiger partial charge in [-0.25, -0.2) is 8.78 Å². The smallest absolute Gasteiger partial charge is 0.368 e. The topological polar surface area (TPSA) is 91.6 Å². The lowest BCUT2D eigenvalue weighted by Crippen LogP contribution is -2.12. The first kappa shape index (κ1) is 15.7. The van der Waals surface area contributed by atoms with Crippen molar-refractivity contribution in [2.45, 2.75) is 19.8 Å². The van der Waals surface area contributed by atoms with E-state index in [1.54, 1.807) is 6.92 Å². The molecule has 1 aromatic heterocycles. The molecule has 0 aliphatic heterocycles. The number of hydrogen-bond acceptors (Lipinski definition) is 6.